The Bertz CT molecular complexity index is 2550. The number of benzene rings is 3. The summed E-state index contributed by atoms with van der Waals surface area (Å²) in [7, 11) is 1.29. The number of fused-ring (bicyclic) bond motifs is 1. The first-order valence-electron chi connectivity index (χ1n) is 21.3. The van der Waals surface area contributed by atoms with Crippen molar-refractivity contribution in [2.75, 3.05) is 26.7 Å². The Balaban J connectivity index is 0.942. The molecular weight excluding hydrogens is 785 g/mol. The molecule has 4 atom stereocenters. The van der Waals surface area contributed by atoms with E-state index < -0.39 is 18.2 Å². The van der Waals surface area contributed by atoms with Crippen LogP contribution in [0, 0.1) is 5.92 Å². The van der Waals surface area contributed by atoms with Crippen LogP contribution in [-0.2, 0) is 14.3 Å². The van der Waals surface area contributed by atoms with Crippen molar-refractivity contribution in [2.45, 2.75) is 70.6 Å². The first-order valence-corrected chi connectivity index (χ1v) is 21.3. The van der Waals surface area contributed by atoms with E-state index >= 15 is 0 Å². The lowest BCUT2D eigenvalue weighted by atomic mass is 10.0. The smallest absolute Gasteiger partial charge is 0.407 e. The number of ether oxygens (including phenoxy) is 1. The van der Waals surface area contributed by atoms with Crippen LogP contribution in [0.2, 0.25) is 0 Å². The fourth-order valence-corrected chi connectivity index (χ4v) is 8.53. The summed E-state index contributed by atoms with van der Waals surface area (Å²) >= 11 is 0. The van der Waals surface area contributed by atoms with Crippen LogP contribution in [-0.4, -0.2) is 91.4 Å². The molecule has 3 aromatic heterocycles. The first-order chi connectivity index (χ1) is 30.1. The van der Waals surface area contributed by atoms with Gasteiger partial charge in [0.05, 0.1) is 54.2 Å². The Morgan fingerprint density at radius 2 is 1.37 bits per heavy atom. The number of rotatable bonds is 12. The lowest BCUT2D eigenvalue weighted by Gasteiger charge is -2.30. The van der Waals surface area contributed by atoms with Crippen LogP contribution in [0.4, 0.5) is 9.59 Å². The third-order valence-corrected chi connectivity index (χ3v) is 11.8. The number of amides is 5. The summed E-state index contributed by atoms with van der Waals surface area (Å²) in [6.07, 6.45) is 6.18. The molecule has 0 bridgehead atoms. The molecule has 5 amide bonds. The summed E-state index contributed by atoms with van der Waals surface area (Å²) < 4.78 is 4.77. The van der Waals surface area contributed by atoms with Crippen molar-refractivity contribution in [3.63, 3.8) is 0 Å². The van der Waals surface area contributed by atoms with Crippen LogP contribution in [0.1, 0.15) is 81.8 Å². The molecule has 2 aliphatic rings. The Hall–Kier alpha value is -7.03. The summed E-state index contributed by atoms with van der Waals surface area (Å²) in [6, 6.07) is 25.3. The molecule has 5 heterocycles. The first kappa shape index (κ1) is 41.7. The zero-order valence-electron chi connectivity index (χ0n) is 35.4. The Labute approximate surface area is 360 Å². The highest BCUT2D eigenvalue weighted by molar-refractivity contribution is 5.89. The molecule has 0 aliphatic carbocycles. The number of likely N-dealkylation sites (tertiary alicyclic amines) is 2. The van der Waals surface area contributed by atoms with Crippen LogP contribution in [0.15, 0.2) is 97.3 Å². The number of aromatic amines is 2. The number of H-pyrrole nitrogens is 2. The zero-order chi connectivity index (χ0) is 43.3. The van der Waals surface area contributed by atoms with Gasteiger partial charge in [-0.1, -0.05) is 80.6 Å². The Kier molecular flexibility index (Phi) is 12.3. The molecule has 0 spiro atoms. The van der Waals surface area contributed by atoms with Crippen LogP contribution in [0.25, 0.3) is 44.7 Å². The van der Waals surface area contributed by atoms with Gasteiger partial charge in [-0.2, -0.15) is 0 Å². The molecule has 6 aromatic rings. The number of carbonyl (C=O) groups excluding carboxylic acids is 4. The van der Waals surface area contributed by atoms with E-state index in [2.05, 4.69) is 43.0 Å². The van der Waals surface area contributed by atoms with Gasteiger partial charge in [0.2, 0.25) is 11.8 Å². The summed E-state index contributed by atoms with van der Waals surface area (Å²) in [5.74, 6) is 0.995. The average Bonchev–Trinajstić information content (AvgIpc) is 4.14. The van der Waals surface area contributed by atoms with E-state index in [0.717, 1.165) is 75.9 Å². The predicted octanol–water partition coefficient (Wildman–Crippen LogP) is 7.45. The van der Waals surface area contributed by atoms with E-state index in [1.54, 1.807) is 11.1 Å². The summed E-state index contributed by atoms with van der Waals surface area (Å²) in [5, 5.41) is 9.29. The Morgan fingerprint density at radius 1 is 0.758 bits per heavy atom. The minimum absolute atomic E-state index is 0.111. The normalized spacial score (nSPS) is 17.2. The third-order valence-electron chi connectivity index (χ3n) is 11.8. The van der Waals surface area contributed by atoms with Crippen molar-refractivity contribution in [1.82, 2.24) is 50.7 Å². The lowest BCUT2D eigenvalue weighted by molar-refractivity contribution is -0.135. The molecule has 2 saturated heterocycles. The number of hydrogen-bond donors (Lipinski definition) is 5. The molecule has 5 N–H and O–H groups in total. The lowest BCUT2D eigenvalue weighted by Crippen LogP contribution is -2.51. The second-order valence-corrected chi connectivity index (χ2v) is 16.1. The van der Waals surface area contributed by atoms with E-state index in [9.17, 15) is 19.2 Å². The van der Waals surface area contributed by atoms with E-state index in [4.69, 9.17) is 14.7 Å². The topological polar surface area (TPSA) is 190 Å². The highest BCUT2D eigenvalue weighted by atomic mass is 16.5. The number of carbonyl (C=O) groups is 4. The second-order valence-electron chi connectivity index (χ2n) is 16.1. The molecule has 3 aromatic carbocycles. The number of urea groups is 1. The number of alkyl carbamates (subject to hydrolysis) is 1. The molecule has 0 saturated carbocycles. The molecule has 2 fully saturated rings. The van der Waals surface area contributed by atoms with Gasteiger partial charge in [-0.15, -0.1) is 0 Å². The van der Waals surface area contributed by atoms with E-state index in [0.29, 0.717) is 31.3 Å². The maximum Gasteiger partial charge on any atom is 0.407 e. The largest absolute Gasteiger partial charge is 0.453 e. The standard InChI is InChI=1S/C47H52N10O5/c1-5-48-46(60)54-41(31-11-7-6-8-12-31)45(59)57-24-10-14-39(57)43-50-27-37(53-43)33-20-22-35-32(25-33)19-21-34(51-35)29-15-17-30(18-16-29)36-26-49-42(52-36)38-13-9-23-56(38)44(58)40(28(2)3)55-47(61)62-4/h6-8,11-12,15-22,25-28,38-41H,5,9-10,13-14,23-24H2,1-4H3,(H,49,52)(H,50,53)(H,55,61)(H2,48,54,60). The summed E-state index contributed by atoms with van der Waals surface area (Å²) in [5.41, 5.74) is 6.97. The van der Waals surface area contributed by atoms with Crippen molar-refractivity contribution in [1.29, 1.82) is 0 Å². The maximum absolute atomic E-state index is 14.1. The van der Waals surface area contributed by atoms with Crippen LogP contribution in [0.5, 0.6) is 0 Å². The third kappa shape index (κ3) is 8.74. The van der Waals surface area contributed by atoms with Crippen molar-refractivity contribution >= 4 is 34.8 Å². The molecular formula is C47H52N10O5. The quantitative estimate of drug-likeness (QED) is 0.0840. The maximum atomic E-state index is 14.1. The second kappa shape index (κ2) is 18.3. The van der Waals surface area contributed by atoms with Gasteiger partial charge in [0.25, 0.3) is 0 Å². The monoisotopic (exact) mass is 836 g/mol. The van der Waals surface area contributed by atoms with Gasteiger partial charge < -0.3 is 40.5 Å². The van der Waals surface area contributed by atoms with Gasteiger partial charge in [-0.25, -0.2) is 24.5 Å². The van der Waals surface area contributed by atoms with Gasteiger partial charge >= 0.3 is 12.1 Å². The molecule has 15 nitrogen and oxygen atoms in total. The summed E-state index contributed by atoms with van der Waals surface area (Å²) in [4.78, 5) is 77.2. The number of pyridine rings is 1. The number of nitrogens with one attached hydrogen (secondary N) is 5. The predicted molar refractivity (Wildman–Crippen MR) is 235 cm³/mol. The highest BCUT2D eigenvalue weighted by Gasteiger charge is 2.38. The van der Waals surface area contributed by atoms with Gasteiger partial charge in [0.1, 0.15) is 23.7 Å². The van der Waals surface area contributed by atoms with Gasteiger partial charge in [0.15, 0.2) is 0 Å². The van der Waals surface area contributed by atoms with E-state index in [-0.39, 0.29) is 35.8 Å². The Morgan fingerprint density at radius 3 is 2.00 bits per heavy atom. The molecule has 2 aliphatic heterocycles. The molecule has 320 valence electrons. The van der Waals surface area contributed by atoms with Crippen LogP contribution in [0.3, 0.4) is 0 Å². The molecule has 4 unspecified atom stereocenters. The van der Waals surface area contributed by atoms with Crippen molar-refractivity contribution < 1.29 is 23.9 Å². The number of methoxy groups -OCH3 is 1. The average molecular weight is 837 g/mol. The highest BCUT2D eigenvalue weighted by Crippen LogP contribution is 2.36. The molecule has 0 radical (unpaired) electrons. The SMILES string of the molecule is CCNC(=O)NC(C(=O)N1CCCC1c1ncc(-c2ccc3nc(-c4ccc(-c5cnc(C6CCCN6C(=O)C(NC(=O)OC)C(C)C)[nH]5)cc4)ccc3c2)[nH]1)c1ccccc1. The number of hydrogen-bond acceptors (Lipinski definition) is 8. The van der Waals surface area contributed by atoms with E-state index in [1.165, 1.54) is 7.11 Å². The van der Waals surface area contributed by atoms with Gasteiger partial charge in [-0.3, -0.25) is 9.59 Å². The minimum Gasteiger partial charge on any atom is -0.453 e. The summed E-state index contributed by atoms with van der Waals surface area (Å²) in [6.45, 7) is 7.24. The van der Waals surface area contributed by atoms with E-state index in [1.807, 2.05) is 105 Å². The van der Waals surface area contributed by atoms with Crippen LogP contribution < -0.4 is 16.0 Å². The zero-order valence-corrected chi connectivity index (χ0v) is 35.4. The molecule has 15 heteroatoms. The van der Waals surface area contributed by atoms with Crippen molar-refractivity contribution in [3.05, 3.63) is 115 Å². The fraction of sp³-hybridized carbons (Fsp3) is 0.340. The fourth-order valence-electron chi connectivity index (χ4n) is 8.53. The van der Waals surface area contributed by atoms with Crippen molar-refractivity contribution in [3.8, 4) is 33.8 Å². The van der Waals surface area contributed by atoms with Crippen LogP contribution >= 0.6 is 0 Å². The number of imidazole rings is 2. The van der Waals surface area contributed by atoms with Gasteiger partial charge in [-0.05, 0) is 67.9 Å². The molecule has 62 heavy (non-hydrogen) atoms. The number of aromatic nitrogens is 5. The number of nitrogens with zero attached hydrogens (tertiary/aromatic N) is 5. The van der Waals surface area contributed by atoms with Crippen molar-refractivity contribution in [2.24, 2.45) is 5.92 Å². The molecule has 8 rings (SSSR count). The minimum atomic E-state index is -0.824. The van der Waals surface area contributed by atoms with Gasteiger partial charge in [0, 0.05) is 36.1 Å².